The Hall–Kier alpha value is -0.960. The molecular formula is C13H11I. The predicted octanol–water partition coefficient (Wildman–Crippen LogP) is 3.68. The third-order valence-electron chi connectivity index (χ3n) is 1.84. The van der Waals surface area contributed by atoms with Crippen LogP contribution in [-0.2, 0) is 0 Å². The summed E-state index contributed by atoms with van der Waals surface area (Å²) in [6.07, 6.45) is 0. The molecule has 0 aromatic heterocycles. The van der Waals surface area contributed by atoms with E-state index in [-0.39, 0.29) is 20.7 Å². The van der Waals surface area contributed by atoms with Gasteiger partial charge in [-0.2, -0.15) is 0 Å². The highest BCUT2D eigenvalue weighted by Gasteiger charge is 1.85. The lowest BCUT2D eigenvalue weighted by molar-refractivity contribution is 1.65. The molecule has 0 heterocycles. The minimum absolute atomic E-state index is 0.0231. The third kappa shape index (κ3) is 2.77. The van der Waals surface area contributed by atoms with Gasteiger partial charge in [-0.15, -0.1) is 0 Å². The maximum absolute atomic E-state index is 2.36. The lowest BCUT2D eigenvalue weighted by Gasteiger charge is -1.91. The van der Waals surface area contributed by atoms with E-state index in [1.54, 1.807) is 0 Å². The first kappa shape index (κ1) is 9.59. The van der Waals surface area contributed by atoms with Crippen molar-refractivity contribution < 1.29 is 0 Å². The van der Waals surface area contributed by atoms with E-state index in [1.807, 2.05) is 0 Å². The highest BCUT2D eigenvalue weighted by Crippen LogP contribution is 2.11. The summed E-state index contributed by atoms with van der Waals surface area (Å²) >= 11 is 0.0231. The first-order valence-electron chi connectivity index (χ1n) is 4.52. The van der Waals surface area contributed by atoms with E-state index < -0.39 is 0 Å². The fraction of sp³-hybridized carbons (Fsp3) is 0. The molecule has 2 aromatic carbocycles. The molecule has 1 heteroatoms. The molecule has 0 unspecified atom stereocenters. The van der Waals surface area contributed by atoms with Crippen LogP contribution in [0.15, 0.2) is 60.7 Å². The van der Waals surface area contributed by atoms with E-state index in [0.29, 0.717) is 0 Å². The van der Waals surface area contributed by atoms with Crippen LogP contribution < -0.4 is 0 Å². The lowest BCUT2D eigenvalue weighted by atomic mass is 10.2. The van der Waals surface area contributed by atoms with Gasteiger partial charge >= 0.3 is 0 Å². The summed E-state index contributed by atoms with van der Waals surface area (Å²) in [4.78, 5) is 0. The predicted molar refractivity (Wildman–Crippen MR) is 70.8 cm³/mol. The molecule has 0 saturated heterocycles. The number of rotatable bonds is 2. The zero-order chi connectivity index (χ0) is 9.64. The first-order valence-corrected chi connectivity index (χ1v) is 6.84. The third-order valence-corrected chi connectivity index (χ3v) is 4.31. The number of hydrogen-bond donors (Lipinski definition) is 0. The molecule has 0 atom stereocenters. The Morgan fingerprint density at radius 2 is 1.29 bits per heavy atom. The summed E-state index contributed by atoms with van der Waals surface area (Å²) in [6, 6.07) is 21.2. The fourth-order valence-electron chi connectivity index (χ4n) is 1.14. The largest absolute Gasteiger partial charge is 0.0850 e. The van der Waals surface area contributed by atoms with Crippen LogP contribution in [0.25, 0.3) is 0 Å². The molecule has 0 aliphatic heterocycles. The normalized spacial score (nSPS) is 11.1. The zero-order valence-electron chi connectivity index (χ0n) is 7.73. The molecule has 2 aromatic rings. The molecule has 0 bridgehead atoms. The van der Waals surface area contributed by atoms with E-state index >= 15 is 0 Å². The fourth-order valence-corrected chi connectivity index (χ4v) is 3.10. The molecule has 0 nitrogen and oxygen atoms in total. The summed E-state index contributed by atoms with van der Waals surface area (Å²) in [6.45, 7) is 0. The van der Waals surface area contributed by atoms with Gasteiger partial charge < -0.3 is 0 Å². The van der Waals surface area contributed by atoms with Gasteiger partial charge in [-0.3, -0.25) is 0 Å². The topological polar surface area (TPSA) is 0 Å². The molecule has 0 spiro atoms. The Morgan fingerprint density at radius 1 is 0.714 bits per heavy atom. The minimum Gasteiger partial charge on any atom is -0.0850 e. The average Bonchev–Trinajstić information content (AvgIpc) is 2.29. The Balaban J connectivity index is 2.16. The Bertz CT molecular complexity index is 362. The van der Waals surface area contributed by atoms with Crippen LogP contribution in [0.3, 0.4) is 0 Å². The van der Waals surface area contributed by atoms with Crippen molar-refractivity contribution in [2.45, 2.75) is 0 Å². The molecule has 0 radical (unpaired) electrons. The number of hydrogen-bond acceptors (Lipinski definition) is 0. The molecule has 14 heavy (non-hydrogen) atoms. The van der Waals surface area contributed by atoms with E-state index in [1.165, 1.54) is 9.13 Å². The SMILES string of the molecule is C(=Ic1ccccc1)c1ccccc1. The van der Waals surface area contributed by atoms with Gasteiger partial charge in [0.15, 0.2) is 0 Å². The van der Waals surface area contributed by atoms with Crippen LogP contribution >= 0.6 is 20.7 Å². The Labute approximate surface area is 94.3 Å². The maximum Gasteiger partial charge on any atom is 0.00771 e. The second-order valence-electron chi connectivity index (χ2n) is 2.92. The lowest BCUT2D eigenvalue weighted by Crippen LogP contribution is -1.75. The van der Waals surface area contributed by atoms with Crippen LogP contribution in [0.1, 0.15) is 5.56 Å². The summed E-state index contributed by atoms with van der Waals surface area (Å²) in [5.74, 6) is 0. The highest BCUT2D eigenvalue weighted by atomic mass is 127. The van der Waals surface area contributed by atoms with Crippen molar-refractivity contribution >= 4 is 24.7 Å². The van der Waals surface area contributed by atoms with E-state index in [9.17, 15) is 0 Å². The quantitative estimate of drug-likeness (QED) is 0.741. The van der Waals surface area contributed by atoms with Crippen molar-refractivity contribution in [3.63, 3.8) is 0 Å². The van der Waals surface area contributed by atoms with Crippen molar-refractivity contribution in [2.75, 3.05) is 0 Å². The van der Waals surface area contributed by atoms with Gasteiger partial charge in [-0.1, -0.05) is 69.3 Å². The Kier molecular flexibility index (Phi) is 3.46. The van der Waals surface area contributed by atoms with Crippen LogP contribution in [0.4, 0.5) is 0 Å². The maximum atomic E-state index is 2.36. The van der Waals surface area contributed by atoms with Gasteiger partial charge in [0.1, 0.15) is 0 Å². The monoisotopic (exact) mass is 294 g/mol. The average molecular weight is 294 g/mol. The van der Waals surface area contributed by atoms with E-state index in [0.717, 1.165) is 0 Å². The van der Waals surface area contributed by atoms with E-state index in [4.69, 9.17) is 0 Å². The van der Waals surface area contributed by atoms with E-state index in [2.05, 4.69) is 64.7 Å². The summed E-state index contributed by atoms with van der Waals surface area (Å²) in [7, 11) is 0. The minimum atomic E-state index is 0.0231. The van der Waals surface area contributed by atoms with Crippen LogP contribution in [0, 0.1) is 3.57 Å². The zero-order valence-corrected chi connectivity index (χ0v) is 9.89. The molecule has 0 N–H and O–H groups in total. The van der Waals surface area contributed by atoms with Gasteiger partial charge in [-0.25, -0.2) is 0 Å². The highest BCUT2D eigenvalue weighted by molar-refractivity contribution is 14.2. The van der Waals surface area contributed by atoms with Gasteiger partial charge in [0.2, 0.25) is 0 Å². The summed E-state index contributed by atoms with van der Waals surface area (Å²) < 4.78 is 3.82. The second-order valence-corrected chi connectivity index (χ2v) is 5.42. The van der Waals surface area contributed by atoms with Crippen molar-refractivity contribution in [3.8, 4) is 0 Å². The van der Waals surface area contributed by atoms with Gasteiger partial charge in [-0.05, 0) is 21.7 Å². The molecule has 0 amide bonds. The van der Waals surface area contributed by atoms with Crippen molar-refractivity contribution in [2.24, 2.45) is 0 Å². The molecule has 70 valence electrons. The molecule has 0 saturated carbocycles. The number of halogens is 1. The van der Waals surface area contributed by atoms with Gasteiger partial charge in [0.25, 0.3) is 0 Å². The van der Waals surface area contributed by atoms with Crippen LogP contribution in [0.5, 0.6) is 0 Å². The summed E-state index contributed by atoms with van der Waals surface area (Å²) in [5, 5.41) is 0. The van der Waals surface area contributed by atoms with Crippen LogP contribution in [-0.4, -0.2) is 4.01 Å². The first-order chi connectivity index (χ1) is 6.95. The molecule has 2 rings (SSSR count). The van der Waals surface area contributed by atoms with Crippen molar-refractivity contribution in [3.05, 3.63) is 69.8 Å². The molecular weight excluding hydrogens is 283 g/mol. The number of benzene rings is 2. The Morgan fingerprint density at radius 3 is 1.93 bits per heavy atom. The molecule has 0 aliphatic carbocycles. The second kappa shape index (κ2) is 5.05. The smallest absolute Gasteiger partial charge is 0.00771 e. The van der Waals surface area contributed by atoms with Gasteiger partial charge in [0.05, 0.1) is 0 Å². The molecule has 0 aliphatic rings. The van der Waals surface area contributed by atoms with Crippen molar-refractivity contribution in [1.82, 2.24) is 0 Å². The van der Waals surface area contributed by atoms with Gasteiger partial charge in [0, 0.05) is 3.57 Å². The van der Waals surface area contributed by atoms with Crippen molar-refractivity contribution in [1.29, 1.82) is 0 Å². The standard InChI is InChI=1S/C13H11I/c1-3-7-12(8-4-1)11-14-13-9-5-2-6-10-13/h1-11H. The molecule has 0 fully saturated rings. The summed E-state index contributed by atoms with van der Waals surface area (Å²) in [5.41, 5.74) is 1.34. The van der Waals surface area contributed by atoms with Crippen LogP contribution in [0.2, 0.25) is 0 Å².